The molecule has 3 heterocycles. The van der Waals surface area contributed by atoms with Crippen LogP contribution < -0.4 is 0 Å². The van der Waals surface area contributed by atoms with Crippen molar-refractivity contribution in [3.63, 3.8) is 0 Å². The molecule has 3 aromatic heterocycles. The summed E-state index contributed by atoms with van der Waals surface area (Å²) in [6.45, 7) is 9.63. The first-order valence-corrected chi connectivity index (χ1v) is 19.4. The number of benzene rings is 7. The molecule has 0 atom stereocenters. The summed E-state index contributed by atoms with van der Waals surface area (Å²) in [6, 6.07) is 56.0. The molecule has 11 rings (SSSR count). The Morgan fingerprint density at radius 3 is 1.68 bits per heavy atom. The topological polar surface area (TPSA) is 59.4 Å². The molecule has 0 saturated carbocycles. The van der Waals surface area contributed by atoms with Crippen LogP contribution in [-0.2, 0) is 10.8 Å². The molecule has 10 aromatic rings. The van der Waals surface area contributed by atoms with Gasteiger partial charge in [-0.15, -0.1) is 0 Å². The van der Waals surface area contributed by atoms with E-state index in [4.69, 9.17) is 15.0 Å². The summed E-state index contributed by atoms with van der Waals surface area (Å²) in [5.41, 5.74) is 13.6. The van der Waals surface area contributed by atoms with Crippen LogP contribution in [0.1, 0.15) is 49.9 Å². The fourth-order valence-corrected chi connectivity index (χ4v) is 9.56. The van der Waals surface area contributed by atoms with E-state index in [0.717, 1.165) is 22.4 Å². The van der Waals surface area contributed by atoms with Crippen molar-refractivity contribution in [2.75, 3.05) is 0 Å². The summed E-state index contributed by atoms with van der Waals surface area (Å²) in [4.78, 5) is 19.0. The van der Waals surface area contributed by atoms with Crippen LogP contribution in [-0.4, -0.2) is 24.5 Å². The Morgan fingerprint density at radius 1 is 0.446 bits per heavy atom. The van der Waals surface area contributed by atoms with E-state index in [1.165, 1.54) is 65.9 Å². The van der Waals surface area contributed by atoms with Crippen LogP contribution in [0.2, 0.25) is 0 Å². The molecule has 0 spiro atoms. The summed E-state index contributed by atoms with van der Waals surface area (Å²) >= 11 is 0. The maximum absolute atomic E-state index is 5.09. The van der Waals surface area contributed by atoms with Gasteiger partial charge in [0.2, 0.25) is 0 Å². The molecule has 0 saturated heterocycles. The van der Waals surface area contributed by atoms with Crippen molar-refractivity contribution in [1.29, 1.82) is 0 Å². The van der Waals surface area contributed by atoms with Crippen LogP contribution in [0, 0.1) is 0 Å². The summed E-state index contributed by atoms with van der Waals surface area (Å²) in [5, 5.41) is 5.04. The summed E-state index contributed by atoms with van der Waals surface area (Å²) in [7, 11) is 0. The van der Waals surface area contributed by atoms with Gasteiger partial charge < -0.3 is 9.55 Å². The van der Waals surface area contributed by atoms with E-state index >= 15 is 0 Å². The molecule has 56 heavy (non-hydrogen) atoms. The van der Waals surface area contributed by atoms with Gasteiger partial charge in [-0.3, -0.25) is 0 Å². The average molecular weight is 722 g/mol. The van der Waals surface area contributed by atoms with E-state index in [0.29, 0.717) is 17.5 Å². The van der Waals surface area contributed by atoms with Crippen LogP contribution in [0.3, 0.4) is 0 Å². The lowest BCUT2D eigenvalue weighted by Gasteiger charge is -2.44. The molecule has 268 valence electrons. The minimum Gasteiger partial charge on any atom is -0.354 e. The lowest BCUT2D eigenvalue weighted by Crippen LogP contribution is -2.37. The normalized spacial score (nSPS) is 14.4. The number of aromatic nitrogens is 5. The SMILES string of the molecule is CC1(C)c2ccc3c4ccccc4n(-c4cccc(-c5nc(-c6ccccc6)nc(-c6ccccc6)n5)c4)c3c2C(C)(C)c2ccc3c([nH]c4ccccc43)c21. The second-order valence-electron chi connectivity index (χ2n) is 16.2. The third kappa shape index (κ3) is 4.64. The van der Waals surface area contributed by atoms with Crippen molar-refractivity contribution >= 4 is 43.6 Å². The van der Waals surface area contributed by atoms with Gasteiger partial charge in [-0.1, -0.05) is 161 Å². The van der Waals surface area contributed by atoms with Crippen molar-refractivity contribution in [1.82, 2.24) is 24.5 Å². The number of hydrogen-bond acceptors (Lipinski definition) is 3. The quantitative estimate of drug-likeness (QED) is 0.197. The Kier molecular flexibility index (Phi) is 6.88. The minimum absolute atomic E-state index is 0.273. The largest absolute Gasteiger partial charge is 0.354 e. The van der Waals surface area contributed by atoms with Gasteiger partial charge in [0, 0.05) is 60.3 Å². The molecule has 1 aliphatic carbocycles. The standard InChI is InChI=1S/C51H39N5/c1-50(2)40-29-27-38-36-23-12-14-25-42(36)56(46(38)44(40)51(3,4)39-28-26-37-35-22-11-13-24-41(35)52-45(37)43(39)50)34-21-15-20-33(30-34)49-54-47(31-16-7-5-8-17-31)53-48(55-49)32-18-9-6-10-19-32/h5-30,52H,1-4H3. The Bertz CT molecular complexity index is 3130. The van der Waals surface area contributed by atoms with Crippen molar-refractivity contribution in [2.45, 2.75) is 38.5 Å². The van der Waals surface area contributed by atoms with Gasteiger partial charge >= 0.3 is 0 Å². The lowest BCUT2D eigenvalue weighted by atomic mass is 9.59. The van der Waals surface area contributed by atoms with E-state index in [1.54, 1.807) is 0 Å². The molecule has 0 radical (unpaired) electrons. The fraction of sp³-hybridized carbons (Fsp3) is 0.118. The van der Waals surface area contributed by atoms with Gasteiger partial charge in [0.15, 0.2) is 17.5 Å². The van der Waals surface area contributed by atoms with Gasteiger partial charge in [-0.05, 0) is 46.5 Å². The Labute approximate surface area is 325 Å². The Balaban J connectivity index is 1.16. The Morgan fingerprint density at radius 2 is 0.982 bits per heavy atom. The van der Waals surface area contributed by atoms with Crippen molar-refractivity contribution in [3.8, 4) is 39.9 Å². The first kappa shape index (κ1) is 32.6. The highest BCUT2D eigenvalue weighted by Gasteiger charge is 2.45. The zero-order chi connectivity index (χ0) is 37.8. The molecule has 5 nitrogen and oxygen atoms in total. The second kappa shape index (κ2) is 11.8. The van der Waals surface area contributed by atoms with Crippen LogP contribution >= 0.6 is 0 Å². The summed E-state index contributed by atoms with van der Waals surface area (Å²) in [6.07, 6.45) is 0. The molecule has 0 bridgehead atoms. The van der Waals surface area contributed by atoms with Gasteiger partial charge in [0.1, 0.15) is 0 Å². The van der Waals surface area contributed by atoms with E-state index in [1.807, 2.05) is 36.4 Å². The number of fused-ring (bicyclic) bond motifs is 10. The zero-order valence-corrected chi connectivity index (χ0v) is 31.8. The predicted octanol–water partition coefficient (Wildman–Crippen LogP) is 12.6. The van der Waals surface area contributed by atoms with Crippen LogP contribution in [0.5, 0.6) is 0 Å². The highest BCUT2D eigenvalue weighted by Crippen LogP contribution is 2.55. The maximum Gasteiger partial charge on any atom is 0.164 e. The first-order chi connectivity index (χ1) is 27.3. The third-order valence-corrected chi connectivity index (χ3v) is 12.2. The fourth-order valence-electron chi connectivity index (χ4n) is 9.56. The van der Waals surface area contributed by atoms with Crippen LogP contribution in [0.25, 0.3) is 83.5 Å². The first-order valence-electron chi connectivity index (χ1n) is 19.4. The zero-order valence-electron chi connectivity index (χ0n) is 31.8. The number of para-hydroxylation sites is 2. The molecular formula is C51H39N5. The van der Waals surface area contributed by atoms with Crippen molar-refractivity contribution < 1.29 is 0 Å². The van der Waals surface area contributed by atoms with Gasteiger partial charge in [-0.2, -0.15) is 0 Å². The Hall–Kier alpha value is -6.85. The van der Waals surface area contributed by atoms with E-state index in [2.05, 4.69) is 159 Å². The number of H-pyrrole nitrogens is 1. The van der Waals surface area contributed by atoms with Gasteiger partial charge in [-0.25, -0.2) is 15.0 Å². The van der Waals surface area contributed by atoms with Crippen LogP contribution in [0.4, 0.5) is 0 Å². The number of nitrogens with one attached hydrogen (secondary N) is 1. The van der Waals surface area contributed by atoms with Crippen molar-refractivity contribution in [3.05, 3.63) is 180 Å². The molecule has 0 fully saturated rings. The van der Waals surface area contributed by atoms with Gasteiger partial charge in [0.25, 0.3) is 0 Å². The van der Waals surface area contributed by atoms with E-state index in [9.17, 15) is 0 Å². The van der Waals surface area contributed by atoms with Crippen molar-refractivity contribution in [2.24, 2.45) is 0 Å². The lowest BCUT2D eigenvalue weighted by molar-refractivity contribution is 0.527. The van der Waals surface area contributed by atoms with E-state index < -0.39 is 0 Å². The number of rotatable bonds is 4. The number of aromatic amines is 1. The molecular weight excluding hydrogens is 683 g/mol. The molecule has 0 amide bonds. The van der Waals surface area contributed by atoms with Crippen LogP contribution in [0.15, 0.2) is 158 Å². The molecule has 7 aromatic carbocycles. The average Bonchev–Trinajstić information content (AvgIpc) is 3.79. The molecule has 0 aliphatic heterocycles. The molecule has 1 aliphatic rings. The highest BCUT2D eigenvalue weighted by molar-refractivity contribution is 6.12. The summed E-state index contributed by atoms with van der Waals surface area (Å²) in [5.74, 6) is 1.94. The highest BCUT2D eigenvalue weighted by atomic mass is 15.0. The molecule has 1 N–H and O–H groups in total. The second-order valence-corrected chi connectivity index (χ2v) is 16.2. The molecule has 0 unspecified atom stereocenters. The predicted molar refractivity (Wildman–Crippen MR) is 231 cm³/mol. The maximum atomic E-state index is 5.09. The monoisotopic (exact) mass is 721 g/mol. The number of hydrogen-bond donors (Lipinski definition) is 1. The number of nitrogens with zero attached hydrogens (tertiary/aromatic N) is 4. The molecule has 5 heteroatoms. The van der Waals surface area contributed by atoms with Gasteiger partial charge in [0.05, 0.1) is 16.6 Å². The smallest absolute Gasteiger partial charge is 0.164 e. The van der Waals surface area contributed by atoms with E-state index in [-0.39, 0.29) is 10.8 Å². The third-order valence-electron chi connectivity index (χ3n) is 12.2. The minimum atomic E-state index is -0.307. The summed E-state index contributed by atoms with van der Waals surface area (Å²) < 4.78 is 2.48.